The number of hydrogen-bond acceptors (Lipinski definition) is 6. The molecule has 0 saturated heterocycles. The lowest BCUT2D eigenvalue weighted by Crippen LogP contribution is -2.28. The number of ketones is 2. The van der Waals surface area contributed by atoms with Crippen molar-refractivity contribution in [2.75, 3.05) is 6.54 Å². The van der Waals surface area contributed by atoms with Crippen molar-refractivity contribution >= 4 is 29.1 Å². The normalized spacial score (nSPS) is 17.6. The Morgan fingerprint density at radius 2 is 1.97 bits per heavy atom. The van der Waals surface area contributed by atoms with E-state index in [1.807, 2.05) is 32.0 Å². The van der Waals surface area contributed by atoms with Gasteiger partial charge in [-0.05, 0) is 61.2 Å². The highest BCUT2D eigenvalue weighted by atomic mass is 35.5. The number of Topliss-reactive ketones (excluding diaryl/α,β-unsaturated/α-hetero) is 2. The SMILES string of the molecule is Cc1cc(-n2cc(Cl)cn2)cc(C)c1C1C(=O)CC(CCNC(=O)c2ccc(C#N)cn2)C1=O. The molecule has 2 atom stereocenters. The molecule has 1 amide bonds. The quantitative estimate of drug-likeness (QED) is 0.545. The molecular formula is C25H22ClN5O3. The second-order valence-corrected chi connectivity index (χ2v) is 8.82. The standard InChI is InChI=1S/C25H22ClN5O3/c1-14-7-19(31-13-18(26)12-30-31)8-15(2)22(14)23-21(32)9-17(24(23)33)5-6-28-25(34)20-4-3-16(10-27)11-29-20/h3-4,7-8,11-13,17,23H,5-6,9H2,1-2H3,(H,28,34). The summed E-state index contributed by atoms with van der Waals surface area (Å²) >= 11 is 5.97. The van der Waals surface area contributed by atoms with Gasteiger partial charge in [-0.25, -0.2) is 9.67 Å². The number of benzene rings is 1. The lowest BCUT2D eigenvalue weighted by Gasteiger charge is -2.17. The number of halogens is 1. The molecule has 4 rings (SSSR count). The second kappa shape index (κ2) is 9.57. The first kappa shape index (κ1) is 23.3. The highest BCUT2D eigenvalue weighted by Gasteiger charge is 2.42. The first-order valence-corrected chi connectivity index (χ1v) is 11.2. The molecule has 1 aliphatic carbocycles. The van der Waals surface area contributed by atoms with Crippen LogP contribution in [0.5, 0.6) is 0 Å². The molecule has 1 saturated carbocycles. The van der Waals surface area contributed by atoms with Crippen LogP contribution in [0.4, 0.5) is 0 Å². The summed E-state index contributed by atoms with van der Waals surface area (Å²) in [6.07, 6.45) is 5.09. The first-order valence-electron chi connectivity index (χ1n) is 10.8. The van der Waals surface area contributed by atoms with Gasteiger partial charge in [-0.1, -0.05) is 11.6 Å². The highest BCUT2D eigenvalue weighted by Crippen LogP contribution is 2.37. The van der Waals surface area contributed by atoms with Crippen LogP contribution in [0.1, 0.15) is 51.5 Å². The molecule has 0 bridgehead atoms. The Kier molecular flexibility index (Phi) is 6.57. The summed E-state index contributed by atoms with van der Waals surface area (Å²) in [7, 11) is 0. The third-order valence-corrected chi connectivity index (χ3v) is 6.24. The van der Waals surface area contributed by atoms with E-state index in [4.69, 9.17) is 16.9 Å². The fraction of sp³-hybridized carbons (Fsp3) is 0.280. The second-order valence-electron chi connectivity index (χ2n) is 8.39. The maximum absolute atomic E-state index is 13.2. The van der Waals surface area contributed by atoms with Gasteiger partial charge in [0.25, 0.3) is 5.91 Å². The minimum atomic E-state index is -0.795. The topological polar surface area (TPSA) is 118 Å². The molecule has 0 radical (unpaired) electrons. The van der Waals surface area contributed by atoms with Crippen molar-refractivity contribution in [3.63, 3.8) is 0 Å². The Morgan fingerprint density at radius 3 is 2.56 bits per heavy atom. The van der Waals surface area contributed by atoms with Gasteiger partial charge in [-0.15, -0.1) is 0 Å². The highest BCUT2D eigenvalue weighted by molar-refractivity contribution is 6.30. The zero-order valence-corrected chi connectivity index (χ0v) is 19.5. The van der Waals surface area contributed by atoms with Gasteiger partial charge >= 0.3 is 0 Å². The molecule has 172 valence electrons. The van der Waals surface area contributed by atoms with Gasteiger partial charge in [0, 0.05) is 31.3 Å². The number of amides is 1. The van der Waals surface area contributed by atoms with Crippen molar-refractivity contribution in [2.45, 2.75) is 32.6 Å². The predicted molar refractivity (Wildman–Crippen MR) is 125 cm³/mol. The first-order chi connectivity index (χ1) is 16.3. The van der Waals surface area contributed by atoms with E-state index in [1.165, 1.54) is 18.3 Å². The van der Waals surface area contributed by atoms with Gasteiger partial charge in [0.1, 0.15) is 23.5 Å². The van der Waals surface area contributed by atoms with E-state index in [0.29, 0.717) is 17.0 Å². The zero-order valence-electron chi connectivity index (χ0n) is 18.7. The van der Waals surface area contributed by atoms with Gasteiger partial charge in [-0.3, -0.25) is 14.4 Å². The summed E-state index contributed by atoms with van der Waals surface area (Å²) in [6, 6.07) is 8.72. The van der Waals surface area contributed by atoms with E-state index in [0.717, 1.165) is 22.4 Å². The summed E-state index contributed by atoms with van der Waals surface area (Å²) < 4.78 is 1.65. The minimum Gasteiger partial charge on any atom is -0.351 e. The number of aromatic nitrogens is 3. The van der Waals surface area contributed by atoms with Crippen molar-refractivity contribution in [3.05, 3.63) is 75.8 Å². The Labute approximate surface area is 201 Å². The monoisotopic (exact) mass is 475 g/mol. The van der Waals surface area contributed by atoms with Gasteiger partial charge in [0.15, 0.2) is 5.78 Å². The van der Waals surface area contributed by atoms with Crippen molar-refractivity contribution in [2.24, 2.45) is 5.92 Å². The van der Waals surface area contributed by atoms with E-state index >= 15 is 0 Å². The van der Waals surface area contributed by atoms with Crippen LogP contribution in [0, 0.1) is 31.1 Å². The van der Waals surface area contributed by atoms with Crippen molar-refractivity contribution in [1.29, 1.82) is 5.26 Å². The van der Waals surface area contributed by atoms with Crippen LogP contribution in [0.15, 0.2) is 42.9 Å². The Balaban J connectivity index is 1.43. The number of nitriles is 1. The summed E-state index contributed by atoms with van der Waals surface area (Å²) in [6.45, 7) is 4.01. The molecule has 1 N–H and O–H groups in total. The van der Waals surface area contributed by atoms with E-state index in [1.54, 1.807) is 17.1 Å². The number of pyridine rings is 1. The smallest absolute Gasteiger partial charge is 0.269 e. The average molecular weight is 476 g/mol. The fourth-order valence-corrected chi connectivity index (χ4v) is 4.57. The van der Waals surface area contributed by atoms with Crippen molar-refractivity contribution in [1.82, 2.24) is 20.1 Å². The number of carbonyl (C=O) groups is 3. The van der Waals surface area contributed by atoms with E-state index < -0.39 is 11.8 Å². The largest absolute Gasteiger partial charge is 0.351 e. The molecule has 1 fully saturated rings. The molecule has 9 heteroatoms. The molecular weight excluding hydrogens is 454 g/mol. The summed E-state index contributed by atoms with van der Waals surface area (Å²) in [5, 5.41) is 16.3. The van der Waals surface area contributed by atoms with Gasteiger partial charge in [-0.2, -0.15) is 10.4 Å². The van der Waals surface area contributed by atoms with Crippen LogP contribution >= 0.6 is 11.6 Å². The van der Waals surface area contributed by atoms with Crippen LogP contribution in [0.2, 0.25) is 5.02 Å². The molecule has 3 aromatic rings. The maximum Gasteiger partial charge on any atom is 0.269 e. The molecule has 1 aromatic carbocycles. The van der Waals surface area contributed by atoms with Gasteiger partial charge < -0.3 is 5.32 Å². The number of nitrogens with one attached hydrogen (secondary N) is 1. The molecule has 1 aliphatic rings. The van der Waals surface area contributed by atoms with Crippen LogP contribution in [-0.2, 0) is 9.59 Å². The van der Waals surface area contributed by atoms with Crippen LogP contribution in [0.3, 0.4) is 0 Å². The Bertz CT molecular complexity index is 1300. The molecule has 2 heterocycles. The Morgan fingerprint density at radius 1 is 1.24 bits per heavy atom. The summed E-state index contributed by atoms with van der Waals surface area (Å²) in [5.41, 5.74) is 3.79. The lowest BCUT2D eigenvalue weighted by molar-refractivity contribution is -0.124. The third kappa shape index (κ3) is 4.61. The molecule has 0 spiro atoms. The predicted octanol–water partition coefficient (Wildman–Crippen LogP) is 3.47. The molecule has 34 heavy (non-hydrogen) atoms. The molecule has 8 nitrogen and oxygen atoms in total. The molecule has 2 unspecified atom stereocenters. The van der Waals surface area contributed by atoms with Crippen molar-refractivity contribution in [3.8, 4) is 11.8 Å². The average Bonchev–Trinajstić information content (AvgIpc) is 3.37. The zero-order chi connectivity index (χ0) is 24.4. The van der Waals surface area contributed by atoms with E-state index in [-0.39, 0.29) is 36.1 Å². The van der Waals surface area contributed by atoms with E-state index in [9.17, 15) is 14.4 Å². The molecule has 0 aliphatic heterocycles. The maximum atomic E-state index is 13.2. The van der Waals surface area contributed by atoms with Crippen LogP contribution in [0.25, 0.3) is 5.69 Å². The number of carbonyl (C=O) groups excluding carboxylic acids is 3. The van der Waals surface area contributed by atoms with Crippen LogP contribution < -0.4 is 5.32 Å². The van der Waals surface area contributed by atoms with E-state index in [2.05, 4.69) is 15.4 Å². The van der Waals surface area contributed by atoms with Crippen LogP contribution in [-0.4, -0.2) is 38.8 Å². The molecule has 2 aromatic heterocycles. The van der Waals surface area contributed by atoms with Gasteiger partial charge in [0.05, 0.1) is 22.5 Å². The number of nitrogens with zero attached hydrogens (tertiary/aromatic N) is 4. The minimum absolute atomic E-state index is 0.101. The summed E-state index contributed by atoms with van der Waals surface area (Å²) in [4.78, 5) is 42.3. The van der Waals surface area contributed by atoms with Gasteiger partial charge in [0.2, 0.25) is 0 Å². The summed E-state index contributed by atoms with van der Waals surface area (Å²) in [5.74, 6) is -1.85. The number of hydrogen-bond donors (Lipinski definition) is 1. The third-order valence-electron chi connectivity index (χ3n) is 6.04. The van der Waals surface area contributed by atoms with Crippen molar-refractivity contribution < 1.29 is 14.4 Å². The lowest BCUT2D eigenvalue weighted by atomic mass is 9.87. The number of aryl methyl sites for hydroxylation is 2. The Hall–Kier alpha value is -3.83. The fourth-order valence-electron chi connectivity index (χ4n) is 4.43. The number of rotatable bonds is 6.